The predicted octanol–water partition coefficient (Wildman–Crippen LogP) is 3.11. The minimum atomic E-state index is -0.898. The van der Waals surface area contributed by atoms with Crippen LogP contribution >= 0.6 is 0 Å². The summed E-state index contributed by atoms with van der Waals surface area (Å²) in [5.41, 5.74) is 7.77. The smallest absolute Gasteiger partial charge is 0.254 e. The van der Waals surface area contributed by atoms with E-state index in [-0.39, 0.29) is 17.9 Å². The molecule has 2 aromatic rings. The molecule has 0 radical (unpaired) electrons. The number of nitrogens with zero attached hydrogens (tertiary/aromatic N) is 1. The molecule has 2 heterocycles. The van der Waals surface area contributed by atoms with Crippen molar-refractivity contribution in [2.45, 2.75) is 37.3 Å². The molecule has 2 fully saturated rings. The molecule has 29 heavy (non-hydrogen) atoms. The van der Waals surface area contributed by atoms with Crippen LogP contribution < -0.4 is 11.1 Å². The summed E-state index contributed by atoms with van der Waals surface area (Å²) >= 11 is 0. The largest absolute Gasteiger partial charge is 0.381 e. The Bertz CT molecular complexity index is 861. The van der Waals surface area contributed by atoms with Crippen molar-refractivity contribution in [3.63, 3.8) is 0 Å². The second-order valence-corrected chi connectivity index (χ2v) is 7.87. The molecule has 4 rings (SSSR count). The third-order valence-electron chi connectivity index (χ3n) is 5.92. The summed E-state index contributed by atoms with van der Waals surface area (Å²) in [6.07, 6.45) is 2.99. The average molecular weight is 393 g/mol. The summed E-state index contributed by atoms with van der Waals surface area (Å²) in [4.78, 5) is 27.6. The number of hydrogen-bond donors (Lipinski definition) is 2. The number of hydrogen-bond acceptors (Lipinski definition) is 4. The van der Waals surface area contributed by atoms with Crippen molar-refractivity contribution >= 4 is 17.5 Å². The van der Waals surface area contributed by atoms with Gasteiger partial charge in [-0.1, -0.05) is 30.3 Å². The number of rotatable bonds is 4. The molecule has 1 atom stereocenters. The van der Waals surface area contributed by atoms with Gasteiger partial charge in [-0.3, -0.25) is 9.59 Å². The number of amides is 2. The van der Waals surface area contributed by atoms with Crippen molar-refractivity contribution in [1.29, 1.82) is 0 Å². The highest BCUT2D eigenvalue weighted by Gasteiger charge is 2.36. The molecule has 3 N–H and O–H groups in total. The second kappa shape index (κ2) is 8.35. The molecule has 2 aliphatic heterocycles. The van der Waals surface area contributed by atoms with E-state index in [1.807, 2.05) is 23.1 Å². The molecule has 152 valence electrons. The normalized spacial score (nSPS) is 21.0. The van der Waals surface area contributed by atoms with Crippen molar-refractivity contribution in [2.75, 3.05) is 25.1 Å². The zero-order valence-corrected chi connectivity index (χ0v) is 16.5. The molecule has 6 nitrogen and oxygen atoms in total. The van der Waals surface area contributed by atoms with Gasteiger partial charge in [0.1, 0.15) is 5.54 Å². The van der Waals surface area contributed by atoms with E-state index in [1.165, 1.54) is 5.56 Å². The Balaban J connectivity index is 1.43. The van der Waals surface area contributed by atoms with Crippen LogP contribution in [0.4, 0.5) is 5.69 Å². The quantitative estimate of drug-likeness (QED) is 0.836. The molecule has 0 aromatic heterocycles. The Hall–Kier alpha value is -2.70. The third-order valence-corrected chi connectivity index (χ3v) is 5.92. The highest BCUT2D eigenvalue weighted by atomic mass is 16.5. The first-order valence-corrected chi connectivity index (χ1v) is 10.2. The maximum absolute atomic E-state index is 13.1. The van der Waals surface area contributed by atoms with E-state index in [4.69, 9.17) is 10.5 Å². The molecule has 0 bridgehead atoms. The topological polar surface area (TPSA) is 84.7 Å². The van der Waals surface area contributed by atoms with Crippen LogP contribution in [-0.2, 0) is 9.53 Å². The summed E-state index contributed by atoms with van der Waals surface area (Å²) in [5.74, 6) is -0.183. The first kappa shape index (κ1) is 19.6. The Morgan fingerprint density at radius 2 is 1.72 bits per heavy atom. The van der Waals surface area contributed by atoms with E-state index >= 15 is 0 Å². The van der Waals surface area contributed by atoms with E-state index in [9.17, 15) is 9.59 Å². The second-order valence-electron chi connectivity index (χ2n) is 7.87. The van der Waals surface area contributed by atoms with Crippen molar-refractivity contribution < 1.29 is 14.3 Å². The number of anilines is 1. The number of likely N-dealkylation sites (tertiary alicyclic amines) is 1. The van der Waals surface area contributed by atoms with Gasteiger partial charge in [0.15, 0.2) is 0 Å². The maximum Gasteiger partial charge on any atom is 0.254 e. The highest BCUT2D eigenvalue weighted by Crippen LogP contribution is 2.33. The van der Waals surface area contributed by atoms with Crippen molar-refractivity contribution in [2.24, 2.45) is 5.73 Å². The van der Waals surface area contributed by atoms with E-state index < -0.39 is 5.54 Å². The fourth-order valence-corrected chi connectivity index (χ4v) is 4.11. The number of benzene rings is 2. The Morgan fingerprint density at radius 3 is 2.41 bits per heavy atom. The van der Waals surface area contributed by atoms with Gasteiger partial charge in [-0.15, -0.1) is 0 Å². The van der Waals surface area contributed by atoms with Gasteiger partial charge >= 0.3 is 0 Å². The van der Waals surface area contributed by atoms with Crippen LogP contribution in [0, 0.1) is 0 Å². The lowest BCUT2D eigenvalue weighted by Gasteiger charge is -2.31. The summed E-state index contributed by atoms with van der Waals surface area (Å²) < 4.78 is 5.29. The molecule has 6 heteroatoms. The van der Waals surface area contributed by atoms with Crippen molar-refractivity contribution in [1.82, 2.24) is 4.90 Å². The van der Waals surface area contributed by atoms with Crippen LogP contribution in [0.25, 0.3) is 0 Å². The predicted molar refractivity (Wildman–Crippen MR) is 111 cm³/mol. The van der Waals surface area contributed by atoms with Crippen LogP contribution in [0.2, 0.25) is 0 Å². The summed E-state index contributed by atoms with van der Waals surface area (Å²) in [6, 6.07) is 17.4. The maximum atomic E-state index is 13.1. The monoisotopic (exact) mass is 393 g/mol. The van der Waals surface area contributed by atoms with Gasteiger partial charge in [0.2, 0.25) is 5.91 Å². The molecule has 2 amide bonds. The lowest BCUT2D eigenvalue weighted by atomic mass is 9.90. The van der Waals surface area contributed by atoms with Crippen molar-refractivity contribution in [3.8, 4) is 0 Å². The standard InChI is InChI=1S/C23H27N3O3/c24-23(12-15-29-16-13-23)22(28)25-19-10-8-18(9-11-19)21(27)26-14-4-7-20(26)17-5-2-1-3-6-17/h1-3,5-6,8-11,20H,4,7,12-16,24H2,(H,25,28). The third kappa shape index (κ3) is 4.18. The molecule has 0 saturated carbocycles. The first-order valence-electron chi connectivity index (χ1n) is 10.2. The minimum Gasteiger partial charge on any atom is -0.381 e. The molecular formula is C23H27N3O3. The van der Waals surface area contributed by atoms with E-state index in [2.05, 4.69) is 17.4 Å². The molecule has 0 aliphatic carbocycles. The van der Waals surface area contributed by atoms with E-state index in [1.54, 1.807) is 24.3 Å². The Labute approximate surface area is 171 Å². The number of nitrogens with two attached hydrogens (primary N) is 1. The molecule has 1 unspecified atom stereocenters. The Morgan fingerprint density at radius 1 is 1.03 bits per heavy atom. The minimum absolute atomic E-state index is 0.0222. The summed E-state index contributed by atoms with van der Waals surface area (Å²) in [6.45, 7) is 1.75. The number of ether oxygens (including phenoxy) is 1. The van der Waals surface area contributed by atoms with Gasteiger partial charge in [-0.05, 0) is 55.5 Å². The summed E-state index contributed by atoms with van der Waals surface area (Å²) in [7, 11) is 0. The van der Waals surface area contributed by atoms with Gasteiger partial charge in [-0.25, -0.2) is 0 Å². The first-order chi connectivity index (χ1) is 14.1. The van der Waals surface area contributed by atoms with Gasteiger partial charge in [0, 0.05) is 31.0 Å². The van der Waals surface area contributed by atoms with E-state index in [0.29, 0.717) is 37.3 Å². The van der Waals surface area contributed by atoms with E-state index in [0.717, 1.165) is 19.4 Å². The SMILES string of the molecule is NC1(C(=O)Nc2ccc(C(=O)N3CCCC3c3ccccc3)cc2)CCOCC1. The van der Waals surface area contributed by atoms with Gasteiger partial charge in [0.25, 0.3) is 5.91 Å². The lowest BCUT2D eigenvalue weighted by Crippen LogP contribution is -2.54. The Kier molecular flexibility index (Phi) is 5.65. The van der Waals surface area contributed by atoms with Crippen LogP contribution in [-0.4, -0.2) is 42.0 Å². The number of carbonyl (C=O) groups excluding carboxylic acids is 2. The highest BCUT2D eigenvalue weighted by molar-refractivity contribution is 5.99. The fourth-order valence-electron chi connectivity index (χ4n) is 4.11. The van der Waals surface area contributed by atoms with Crippen LogP contribution in [0.15, 0.2) is 54.6 Å². The molecular weight excluding hydrogens is 366 g/mol. The lowest BCUT2D eigenvalue weighted by molar-refractivity contribution is -0.124. The van der Waals surface area contributed by atoms with Crippen LogP contribution in [0.3, 0.4) is 0 Å². The molecule has 2 aromatic carbocycles. The zero-order valence-electron chi connectivity index (χ0n) is 16.5. The fraction of sp³-hybridized carbons (Fsp3) is 0.391. The van der Waals surface area contributed by atoms with Crippen molar-refractivity contribution in [3.05, 3.63) is 65.7 Å². The summed E-state index contributed by atoms with van der Waals surface area (Å²) in [5, 5.41) is 2.88. The van der Waals surface area contributed by atoms with Gasteiger partial charge in [-0.2, -0.15) is 0 Å². The van der Waals surface area contributed by atoms with Crippen LogP contribution in [0.5, 0.6) is 0 Å². The number of carbonyl (C=O) groups is 2. The average Bonchev–Trinajstić information content (AvgIpc) is 3.25. The molecule has 2 saturated heterocycles. The van der Waals surface area contributed by atoms with Gasteiger partial charge < -0.3 is 20.7 Å². The molecule has 2 aliphatic rings. The zero-order chi connectivity index (χ0) is 20.3. The molecule has 0 spiro atoms. The van der Waals surface area contributed by atoms with Crippen LogP contribution in [0.1, 0.15) is 47.6 Å². The number of nitrogens with one attached hydrogen (secondary N) is 1. The van der Waals surface area contributed by atoms with Gasteiger partial charge in [0.05, 0.1) is 6.04 Å².